The monoisotopic (exact) mass is 363 g/mol. The fraction of sp³-hybridized carbons (Fsp3) is 0.333. The average molecular weight is 365 g/mol. The van der Waals surface area contributed by atoms with Gasteiger partial charge >= 0.3 is 0 Å². The minimum atomic E-state index is 0.325. The Balaban J connectivity index is 1.68. The van der Waals surface area contributed by atoms with Gasteiger partial charge in [-0.25, -0.2) is 0 Å². The van der Waals surface area contributed by atoms with E-state index in [0.717, 1.165) is 17.9 Å². The van der Waals surface area contributed by atoms with Gasteiger partial charge in [-0.05, 0) is 67.1 Å². The van der Waals surface area contributed by atoms with Crippen LogP contribution in [0.2, 0.25) is 5.02 Å². The number of halogens is 2. The van der Waals surface area contributed by atoms with Crippen molar-refractivity contribution in [3.05, 3.63) is 68.7 Å². The van der Waals surface area contributed by atoms with Crippen LogP contribution in [0.15, 0.2) is 46.9 Å². The molecular formula is C18H19BrClN. The number of hydrogen-bond donors (Lipinski definition) is 1. The highest BCUT2D eigenvalue weighted by Crippen LogP contribution is 2.26. The van der Waals surface area contributed by atoms with Crippen LogP contribution < -0.4 is 5.32 Å². The summed E-state index contributed by atoms with van der Waals surface area (Å²) >= 11 is 9.64. The lowest BCUT2D eigenvalue weighted by molar-refractivity contribution is 0.413. The number of aryl methyl sites for hydroxylation is 1. The number of fused-ring (bicyclic) bond motifs is 1. The Bertz CT molecular complexity index is 641. The molecule has 0 heterocycles. The van der Waals surface area contributed by atoms with Gasteiger partial charge in [-0.15, -0.1) is 0 Å². The van der Waals surface area contributed by atoms with Crippen molar-refractivity contribution in [3.63, 3.8) is 0 Å². The summed E-state index contributed by atoms with van der Waals surface area (Å²) in [5, 5.41) is 4.55. The van der Waals surface area contributed by atoms with E-state index in [0.29, 0.717) is 12.1 Å². The van der Waals surface area contributed by atoms with Gasteiger partial charge in [0.2, 0.25) is 0 Å². The zero-order valence-electron chi connectivity index (χ0n) is 12.1. The fourth-order valence-electron chi connectivity index (χ4n) is 3.09. The Morgan fingerprint density at radius 2 is 2.05 bits per heavy atom. The molecule has 110 valence electrons. The Kier molecular flexibility index (Phi) is 4.68. The average Bonchev–Trinajstić information content (AvgIpc) is 2.47. The van der Waals surface area contributed by atoms with Gasteiger partial charge in [-0.3, -0.25) is 0 Å². The summed E-state index contributed by atoms with van der Waals surface area (Å²) in [7, 11) is 0. The van der Waals surface area contributed by atoms with Crippen molar-refractivity contribution in [1.29, 1.82) is 0 Å². The number of hydrogen-bond acceptors (Lipinski definition) is 1. The number of nitrogens with one attached hydrogen (secondary N) is 1. The molecule has 0 bridgehead atoms. The van der Waals surface area contributed by atoms with E-state index in [1.165, 1.54) is 27.6 Å². The van der Waals surface area contributed by atoms with E-state index in [2.05, 4.69) is 52.4 Å². The second kappa shape index (κ2) is 6.51. The normalized spacial score (nSPS) is 19.1. The molecule has 0 amide bonds. The van der Waals surface area contributed by atoms with Crippen LogP contribution in [-0.2, 0) is 12.8 Å². The molecule has 0 radical (unpaired) electrons. The maximum absolute atomic E-state index is 6.08. The molecule has 3 rings (SSSR count). The van der Waals surface area contributed by atoms with Gasteiger partial charge in [0.1, 0.15) is 0 Å². The molecule has 2 aromatic carbocycles. The van der Waals surface area contributed by atoms with E-state index in [-0.39, 0.29) is 0 Å². The predicted octanol–water partition coefficient (Wildman–Crippen LogP) is 5.31. The summed E-state index contributed by atoms with van der Waals surface area (Å²) in [5.74, 6) is 0. The van der Waals surface area contributed by atoms with Crippen LogP contribution in [-0.4, -0.2) is 6.04 Å². The summed E-state index contributed by atoms with van der Waals surface area (Å²) in [4.78, 5) is 0. The Labute approximate surface area is 139 Å². The first-order chi connectivity index (χ1) is 10.1. The second-order valence-electron chi connectivity index (χ2n) is 5.80. The van der Waals surface area contributed by atoms with Gasteiger partial charge in [-0.1, -0.05) is 45.7 Å². The highest BCUT2D eigenvalue weighted by molar-refractivity contribution is 9.10. The molecule has 2 aromatic rings. The maximum atomic E-state index is 6.08. The summed E-state index contributed by atoms with van der Waals surface area (Å²) in [6.45, 7) is 2.21. The third kappa shape index (κ3) is 3.68. The van der Waals surface area contributed by atoms with E-state index in [1.807, 2.05) is 18.2 Å². The molecule has 0 fully saturated rings. The molecule has 0 aliphatic heterocycles. The van der Waals surface area contributed by atoms with E-state index in [4.69, 9.17) is 11.6 Å². The first-order valence-electron chi connectivity index (χ1n) is 7.40. The van der Waals surface area contributed by atoms with E-state index >= 15 is 0 Å². The van der Waals surface area contributed by atoms with Crippen molar-refractivity contribution < 1.29 is 0 Å². The Hall–Kier alpha value is -0.830. The predicted molar refractivity (Wildman–Crippen MR) is 93.0 cm³/mol. The molecule has 3 heteroatoms. The SMILES string of the molecule is CC(NC1CCc2cc(Br)ccc2C1)c1cccc(Cl)c1. The van der Waals surface area contributed by atoms with Crippen molar-refractivity contribution in [1.82, 2.24) is 5.32 Å². The van der Waals surface area contributed by atoms with Crippen LogP contribution in [0.5, 0.6) is 0 Å². The lowest BCUT2D eigenvalue weighted by Gasteiger charge is -2.29. The van der Waals surface area contributed by atoms with Gasteiger partial charge in [0.15, 0.2) is 0 Å². The second-order valence-corrected chi connectivity index (χ2v) is 7.15. The quantitative estimate of drug-likeness (QED) is 0.778. The molecule has 0 spiro atoms. The van der Waals surface area contributed by atoms with Gasteiger partial charge in [0.05, 0.1) is 0 Å². The van der Waals surface area contributed by atoms with Gasteiger partial charge < -0.3 is 5.32 Å². The molecule has 1 aliphatic carbocycles. The third-order valence-corrected chi connectivity index (χ3v) is 4.96. The summed E-state index contributed by atoms with van der Waals surface area (Å²) in [6.07, 6.45) is 3.44. The van der Waals surface area contributed by atoms with E-state index in [1.54, 1.807) is 0 Å². The van der Waals surface area contributed by atoms with Crippen molar-refractivity contribution in [2.45, 2.75) is 38.3 Å². The van der Waals surface area contributed by atoms with Crippen LogP contribution >= 0.6 is 27.5 Å². The van der Waals surface area contributed by atoms with Crippen LogP contribution in [0.4, 0.5) is 0 Å². The van der Waals surface area contributed by atoms with Crippen LogP contribution in [0.1, 0.15) is 36.1 Å². The van der Waals surface area contributed by atoms with Crippen molar-refractivity contribution in [2.24, 2.45) is 0 Å². The topological polar surface area (TPSA) is 12.0 Å². The molecule has 0 aromatic heterocycles. The van der Waals surface area contributed by atoms with Crippen LogP contribution in [0.3, 0.4) is 0 Å². The van der Waals surface area contributed by atoms with Crippen molar-refractivity contribution in [3.8, 4) is 0 Å². The van der Waals surface area contributed by atoms with E-state index < -0.39 is 0 Å². The zero-order chi connectivity index (χ0) is 14.8. The van der Waals surface area contributed by atoms with Gasteiger partial charge in [0.25, 0.3) is 0 Å². The lowest BCUT2D eigenvalue weighted by atomic mass is 9.88. The maximum Gasteiger partial charge on any atom is 0.0409 e. The fourth-order valence-corrected chi connectivity index (χ4v) is 3.70. The minimum absolute atomic E-state index is 0.325. The number of benzene rings is 2. The van der Waals surface area contributed by atoms with Crippen molar-refractivity contribution in [2.75, 3.05) is 0 Å². The lowest BCUT2D eigenvalue weighted by Crippen LogP contribution is -2.36. The summed E-state index contributed by atoms with van der Waals surface area (Å²) in [6, 6.07) is 15.6. The summed E-state index contributed by atoms with van der Waals surface area (Å²) < 4.78 is 1.18. The largest absolute Gasteiger partial charge is 0.307 e. The zero-order valence-corrected chi connectivity index (χ0v) is 14.4. The molecule has 1 nitrogen and oxygen atoms in total. The van der Waals surface area contributed by atoms with Crippen LogP contribution in [0, 0.1) is 0 Å². The molecule has 2 atom stereocenters. The molecule has 1 N–H and O–H groups in total. The Morgan fingerprint density at radius 1 is 1.19 bits per heavy atom. The standard InChI is InChI=1S/C18H19BrClN/c1-12(13-3-2-4-17(20)10-13)21-18-8-6-14-9-16(19)7-5-15(14)11-18/h2-5,7,9-10,12,18,21H,6,8,11H2,1H3. The minimum Gasteiger partial charge on any atom is -0.307 e. The molecule has 1 aliphatic rings. The molecule has 0 saturated heterocycles. The Morgan fingerprint density at radius 3 is 2.86 bits per heavy atom. The van der Waals surface area contributed by atoms with Crippen molar-refractivity contribution >= 4 is 27.5 Å². The van der Waals surface area contributed by atoms with Crippen LogP contribution in [0.25, 0.3) is 0 Å². The molecule has 21 heavy (non-hydrogen) atoms. The van der Waals surface area contributed by atoms with Gasteiger partial charge in [-0.2, -0.15) is 0 Å². The third-order valence-electron chi connectivity index (χ3n) is 4.23. The first kappa shape index (κ1) is 15.1. The number of rotatable bonds is 3. The van der Waals surface area contributed by atoms with Gasteiger partial charge in [0, 0.05) is 21.6 Å². The highest BCUT2D eigenvalue weighted by Gasteiger charge is 2.20. The first-order valence-corrected chi connectivity index (χ1v) is 8.58. The molecule has 2 unspecified atom stereocenters. The summed E-state index contributed by atoms with van der Waals surface area (Å²) in [5.41, 5.74) is 4.21. The molecule has 0 saturated carbocycles. The van der Waals surface area contributed by atoms with E-state index in [9.17, 15) is 0 Å². The smallest absolute Gasteiger partial charge is 0.0409 e. The molecular weight excluding hydrogens is 346 g/mol. The highest BCUT2D eigenvalue weighted by atomic mass is 79.9.